The van der Waals surface area contributed by atoms with Gasteiger partial charge in [0.2, 0.25) is 0 Å². The Hall–Kier alpha value is -1.36. The van der Waals surface area contributed by atoms with Crippen molar-refractivity contribution in [1.82, 2.24) is 4.72 Å². The zero-order valence-electron chi connectivity index (χ0n) is 20.0. The number of ether oxygens (including phenoxy) is 4. The molecule has 1 fully saturated rings. The van der Waals surface area contributed by atoms with E-state index in [0.717, 1.165) is 5.56 Å². The van der Waals surface area contributed by atoms with Crippen LogP contribution in [0.3, 0.4) is 0 Å². The number of carbonyl (C=O) groups is 1. The van der Waals surface area contributed by atoms with E-state index in [4.69, 9.17) is 18.9 Å². The third-order valence-electron chi connectivity index (χ3n) is 5.20. The lowest BCUT2D eigenvalue weighted by Crippen LogP contribution is -2.59. The molecule has 1 aromatic rings. The summed E-state index contributed by atoms with van der Waals surface area (Å²) in [6.07, 6.45) is -2.40. The van der Waals surface area contributed by atoms with Gasteiger partial charge >= 0.3 is 5.97 Å². The average Bonchev–Trinajstić information content (AvgIpc) is 3.07. The molecule has 2 N–H and O–H groups in total. The monoisotopic (exact) mass is 471 g/mol. The van der Waals surface area contributed by atoms with Gasteiger partial charge in [-0.3, -0.25) is 0 Å². The number of rotatable bonds is 10. The standard InChI is InChI=1S/C23H37NO7S/c1-15(13-25)18-19(31-23(5,6)30-18)17(24-32(27)22(2,3)4)20(21(26)28-7)29-14-16-11-9-8-10-12-16/h8-12,15,17-20,24-25H,13-14H2,1-7H3/t15-,17+,18-,19-,20-,32?/m0/s1. The number of benzene rings is 1. The fourth-order valence-electron chi connectivity index (χ4n) is 3.44. The van der Waals surface area contributed by atoms with Gasteiger partial charge in [0.1, 0.15) is 6.10 Å². The van der Waals surface area contributed by atoms with Crippen molar-refractivity contribution in [2.45, 2.75) is 83.0 Å². The molecule has 1 aliphatic heterocycles. The Balaban J connectivity index is 2.43. The number of aliphatic hydroxyl groups excluding tert-OH is 1. The number of aliphatic hydroxyl groups is 1. The summed E-state index contributed by atoms with van der Waals surface area (Å²) in [6.45, 7) is 10.9. The Bertz CT molecular complexity index is 765. The molecule has 1 heterocycles. The lowest BCUT2D eigenvalue weighted by molar-refractivity contribution is -0.167. The normalized spacial score (nSPS) is 24.5. The molecule has 6 atom stereocenters. The lowest BCUT2D eigenvalue weighted by Gasteiger charge is -2.35. The maximum absolute atomic E-state index is 13.1. The predicted molar refractivity (Wildman–Crippen MR) is 122 cm³/mol. The molecular weight excluding hydrogens is 434 g/mol. The fraction of sp³-hybridized carbons (Fsp3) is 0.696. The highest BCUT2D eigenvalue weighted by Gasteiger charge is 2.52. The van der Waals surface area contributed by atoms with Crippen LogP contribution in [-0.2, 0) is 41.3 Å². The van der Waals surface area contributed by atoms with Gasteiger partial charge in [-0.15, -0.1) is 0 Å². The van der Waals surface area contributed by atoms with E-state index >= 15 is 0 Å². The highest BCUT2D eigenvalue weighted by Crippen LogP contribution is 2.35. The second-order valence-corrected chi connectivity index (χ2v) is 11.5. The minimum atomic E-state index is -1.54. The van der Waals surface area contributed by atoms with Gasteiger partial charge < -0.3 is 24.1 Å². The van der Waals surface area contributed by atoms with E-state index in [-0.39, 0.29) is 19.1 Å². The van der Waals surface area contributed by atoms with Gasteiger partial charge in [-0.25, -0.2) is 13.7 Å². The van der Waals surface area contributed by atoms with Crippen molar-refractivity contribution >= 4 is 17.0 Å². The number of methoxy groups -OCH3 is 1. The topological polar surface area (TPSA) is 103 Å². The summed E-state index contributed by atoms with van der Waals surface area (Å²) in [5.41, 5.74) is 0.876. The number of esters is 1. The highest BCUT2D eigenvalue weighted by atomic mass is 32.2. The fourth-order valence-corrected chi connectivity index (χ4v) is 4.29. The SMILES string of the molecule is COC(=O)[C@@H](OCc1ccccc1)[C@H](NS(=O)C(C)(C)C)[C@@H]1OC(C)(C)O[C@H]1[C@@H](C)CO. The Morgan fingerprint density at radius 1 is 1.22 bits per heavy atom. The van der Waals surface area contributed by atoms with E-state index in [1.165, 1.54) is 7.11 Å². The van der Waals surface area contributed by atoms with Crippen molar-refractivity contribution in [3.05, 3.63) is 35.9 Å². The van der Waals surface area contributed by atoms with Crippen LogP contribution < -0.4 is 4.72 Å². The third-order valence-corrected chi connectivity index (χ3v) is 6.80. The van der Waals surface area contributed by atoms with Crippen molar-refractivity contribution in [1.29, 1.82) is 0 Å². The molecule has 32 heavy (non-hydrogen) atoms. The number of carbonyl (C=O) groups excluding carboxylic acids is 1. The van der Waals surface area contributed by atoms with Crippen molar-refractivity contribution in [3.8, 4) is 0 Å². The first kappa shape index (κ1) is 26.9. The van der Waals surface area contributed by atoms with Gasteiger partial charge in [0.15, 0.2) is 11.9 Å². The van der Waals surface area contributed by atoms with Crippen molar-refractivity contribution < 1.29 is 33.1 Å². The summed E-state index contributed by atoms with van der Waals surface area (Å²) in [5, 5.41) is 9.78. The Labute approximate surface area is 193 Å². The summed E-state index contributed by atoms with van der Waals surface area (Å²) in [5.74, 6) is -1.86. The second kappa shape index (κ2) is 11.2. The Kier molecular flexibility index (Phi) is 9.39. The summed E-state index contributed by atoms with van der Waals surface area (Å²) >= 11 is 0. The average molecular weight is 472 g/mol. The van der Waals surface area contributed by atoms with Gasteiger partial charge in [0.25, 0.3) is 0 Å². The molecule has 0 bridgehead atoms. The minimum absolute atomic E-state index is 0.135. The number of hydrogen-bond donors (Lipinski definition) is 2. The molecule has 0 aliphatic carbocycles. The van der Waals surface area contributed by atoms with Gasteiger partial charge in [-0.2, -0.15) is 0 Å². The molecule has 1 unspecified atom stereocenters. The van der Waals surface area contributed by atoms with Crippen LogP contribution in [0.4, 0.5) is 0 Å². The first-order valence-corrected chi connectivity index (χ1v) is 11.9. The lowest BCUT2D eigenvalue weighted by atomic mass is 9.93. The van der Waals surface area contributed by atoms with Crippen LogP contribution in [-0.4, -0.2) is 63.9 Å². The van der Waals surface area contributed by atoms with E-state index < -0.39 is 51.8 Å². The molecule has 0 saturated carbocycles. The zero-order chi connectivity index (χ0) is 24.1. The molecule has 0 aromatic heterocycles. The summed E-state index contributed by atoms with van der Waals surface area (Å²) in [7, 11) is -0.261. The van der Waals surface area contributed by atoms with Crippen LogP contribution in [0.1, 0.15) is 47.1 Å². The molecule has 0 radical (unpaired) electrons. The zero-order valence-corrected chi connectivity index (χ0v) is 20.8. The smallest absolute Gasteiger partial charge is 0.336 e. The van der Waals surface area contributed by atoms with E-state index in [2.05, 4.69) is 4.72 Å². The van der Waals surface area contributed by atoms with Gasteiger partial charge in [0.05, 0.1) is 41.6 Å². The second-order valence-electron chi connectivity index (χ2n) is 9.49. The van der Waals surface area contributed by atoms with E-state index in [9.17, 15) is 14.1 Å². The largest absolute Gasteiger partial charge is 0.467 e. The maximum atomic E-state index is 13.1. The predicted octanol–water partition coefficient (Wildman–Crippen LogP) is 2.31. The molecule has 0 spiro atoms. The quantitative estimate of drug-likeness (QED) is 0.505. The van der Waals surface area contributed by atoms with E-state index in [0.29, 0.717) is 0 Å². The van der Waals surface area contributed by atoms with Crippen LogP contribution in [0.5, 0.6) is 0 Å². The molecule has 182 valence electrons. The molecule has 8 nitrogen and oxygen atoms in total. The Morgan fingerprint density at radius 2 is 1.81 bits per heavy atom. The maximum Gasteiger partial charge on any atom is 0.336 e. The molecule has 9 heteroatoms. The molecule has 1 aromatic carbocycles. The van der Waals surface area contributed by atoms with Crippen molar-refractivity contribution in [3.63, 3.8) is 0 Å². The van der Waals surface area contributed by atoms with Crippen LogP contribution in [0.25, 0.3) is 0 Å². The van der Waals surface area contributed by atoms with Crippen LogP contribution >= 0.6 is 0 Å². The van der Waals surface area contributed by atoms with Crippen LogP contribution in [0.15, 0.2) is 30.3 Å². The first-order valence-electron chi connectivity index (χ1n) is 10.8. The van der Waals surface area contributed by atoms with E-state index in [1.807, 2.05) is 58.0 Å². The van der Waals surface area contributed by atoms with Crippen LogP contribution in [0.2, 0.25) is 0 Å². The van der Waals surface area contributed by atoms with Gasteiger partial charge in [-0.1, -0.05) is 37.3 Å². The van der Waals surface area contributed by atoms with Crippen molar-refractivity contribution in [2.24, 2.45) is 5.92 Å². The van der Waals surface area contributed by atoms with Gasteiger partial charge in [0, 0.05) is 12.5 Å². The number of hydrogen-bond acceptors (Lipinski definition) is 7. The van der Waals surface area contributed by atoms with Crippen LogP contribution in [0, 0.1) is 5.92 Å². The molecule has 0 amide bonds. The Morgan fingerprint density at radius 3 is 2.34 bits per heavy atom. The molecule has 1 saturated heterocycles. The number of nitrogens with one attached hydrogen (secondary N) is 1. The van der Waals surface area contributed by atoms with Gasteiger partial charge in [-0.05, 0) is 40.2 Å². The first-order chi connectivity index (χ1) is 14.9. The highest BCUT2D eigenvalue weighted by molar-refractivity contribution is 7.84. The third kappa shape index (κ3) is 7.07. The summed E-state index contributed by atoms with van der Waals surface area (Å²) < 4.78 is 38.8. The van der Waals surface area contributed by atoms with Crippen molar-refractivity contribution in [2.75, 3.05) is 13.7 Å². The van der Waals surface area contributed by atoms with E-state index in [1.54, 1.807) is 13.8 Å². The summed E-state index contributed by atoms with van der Waals surface area (Å²) in [6, 6.07) is 8.58. The molecular formula is C23H37NO7S. The molecule has 1 aliphatic rings. The summed E-state index contributed by atoms with van der Waals surface area (Å²) in [4.78, 5) is 12.8. The minimum Gasteiger partial charge on any atom is -0.467 e. The molecule has 2 rings (SSSR count).